The molecule has 3 N–H and O–H groups in total. The van der Waals surface area contributed by atoms with Gasteiger partial charge >= 0.3 is 0 Å². The van der Waals surface area contributed by atoms with Crippen molar-refractivity contribution < 1.29 is 4.92 Å². The Labute approximate surface area is 108 Å². The van der Waals surface area contributed by atoms with Crippen molar-refractivity contribution in [2.75, 3.05) is 11.9 Å². The van der Waals surface area contributed by atoms with Gasteiger partial charge in [-0.2, -0.15) is 0 Å². The molecular formula is C13H21N3O2. The molecule has 18 heavy (non-hydrogen) atoms. The van der Waals surface area contributed by atoms with Crippen LogP contribution in [0.25, 0.3) is 0 Å². The van der Waals surface area contributed by atoms with E-state index in [-0.39, 0.29) is 16.1 Å². The van der Waals surface area contributed by atoms with Gasteiger partial charge in [0.2, 0.25) is 0 Å². The molecule has 0 atom stereocenters. The van der Waals surface area contributed by atoms with Crippen molar-refractivity contribution in [3.05, 3.63) is 33.9 Å². The van der Waals surface area contributed by atoms with Crippen LogP contribution in [0.15, 0.2) is 18.2 Å². The summed E-state index contributed by atoms with van der Waals surface area (Å²) in [6.45, 7) is 6.56. The number of nitro groups is 1. The highest BCUT2D eigenvalue weighted by molar-refractivity contribution is 5.58. The number of nitrogens with zero attached hydrogens (tertiary/aromatic N) is 1. The Balaban J connectivity index is 3.09. The monoisotopic (exact) mass is 251 g/mol. The van der Waals surface area contributed by atoms with Crippen molar-refractivity contribution in [1.29, 1.82) is 0 Å². The summed E-state index contributed by atoms with van der Waals surface area (Å²) in [7, 11) is 0. The molecule has 0 bridgehead atoms. The van der Waals surface area contributed by atoms with Gasteiger partial charge in [-0.1, -0.05) is 19.9 Å². The molecule has 0 aliphatic rings. The second-order valence-corrected chi connectivity index (χ2v) is 4.57. The van der Waals surface area contributed by atoms with Crippen LogP contribution in [0, 0.1) is 17.0 Å². The molecule has 1 rings (SSSR count). The van der Waals surface area contributed by atoms with Gasteiger partial charge in [0.05, 0.1) is 4.92 Å². The lowest BCUT2D eigenvalue weighted by molar-refractivity contribution is -0.384. The van der Waals surface area contributed by atoms with Gasteiger partial charge in [-0.15, -0.1) is 0 Å². The van der Waals surface area contributed by atoms with Crippen LogP contribution in [0.2, 0.25) is 0 Å². The number of nitrogens with one attached hydrogen (secondary N) is 1. The highest BCUT2D eigenvalue weighted by Crippen LogP contribution is 2.27. The molecule has 0 radical (unpaired) electrons. The third-order valence-electron chi connectivity index (χ3n) is 3.58. The molecule has 0 amide bonds. The first-order valence-electron chi connectivity index (χ1n) is 6.21. The summed E-state index contributed by atoms with van der Waals surface area (Å²) in [5.41, 5.74) is 7.51. The minimum atomic E-state index is -0.382. The van der Waals surface area contributed by atoms with Gasteiger partial charge in [-0.05, 0) is 25.3 Å². The Morgan fingerprint density at radius 1 is 1.39 bits per heavy atom. The first kappa shape index (κ1) is 14.4. The maximum atomic E-state index is 10.8. The Kier molecular flexibility index (Phi) is 4.67. The van der Waals surface area contributed by atoms with E-state index in [9.17, 15) is 10.1 Å². The van der Waals surface area contributed by atoms with E-state index >= 15 is 0 Å². The third kappa shape index (κ3) is 2.98. The van der Waals surface area contributed by atoms with Gasteiger partial charge in [0.25, 0.3) is 5.69 Å². The molecule has 0 aliphatic heterocycles. The zero-order valence-electron chi connectivity index (χ0n) is 11.2. The van der Waals surface area contributed by atoms with E-state index in [1.165, 1.54) is 6.07 Å². The molecule has 1 aromatic rings. The molecule has 0 saturated carbocycles. The lowest BCUT2D eigenvalue weighted by Crippen LogP contribution is -2.44. The van der Waals surface area contributed by atoms with E-state index in [0.717, 1.165) is 24.1 Å². The molecular weight excluding hydrogens is 230 g/mol. The third-order valence-corrected chi connectivity index (χ3v) is 3.58. The Morgan fingerprint density at radius 2 is 2.00 bits per heavy atom. The van der Waals surface area contributed by atoms with Crippen molar-refractivity contribution in [2.24, 2.45) is 5.73 Å². The minimum absolute atomic E-state index is 0.0984. The summed E-state index contributed by atoms with van der Waals surface area (Å²) in [6.07, 6.45) is 1.75. The van der Waals surface area contributed by atoms with E-state index in [1.807, 2.05) is 6.92 Å². The number of hydrogen-bond donors (Lipinski definition) is 2. The van der Waals surface area contributed by atoms with E-state index in [0.29, 0.717) is 6.54 Å². The molecule has 0 unspecified atom stereocenters. The number of hydrogen-bond acceptors (Lipinski definition) is 4. The van der Waals surface area contributed by atoms with Gasteiger partial charge < -0.3 is 11.1 Å². The average Bonchev–Trinajstić information content (AvgIpc) is 2.38. The molecule has 0 heterocycles. The van der Waals surface area contributed by atoms with Crippen LogP contribution in [-0.2, 0) is 0 Å². The van der Waals surface area contributed by atoms with Crippen LogP contribution in [0.1, 0.15) is 32.3 Å². The molecule has 0 aliphatic carbocycles. The number of nitro benzene ring substituents is 1. The van der Waals surface area contributed by atoms with Crippen molar-refractivity contribution in [3.8, 4) is 0 Å². The number of benzene rings is 1. The fourth-order valence-electron chi connectivity index (χ4n) is 1.91. The number of non-ortho nitro benzene ring substituents is 1. The quantitative estimate of drug-likeness (QED) is 0.601. The zero-order valence-corrected chi connectivity index (χ0v) is 11.2. The maximum Gasteiger partial charge on any atom is 0.271 e. The summed E-state index contributed by atoms with van der Waals surface area (Å²) in [5, 5.41) is 14.2. The fourth-order valence-corrected chi connectivity index (χ4v) is 1.91. The summed E-state index contributed by atoms with van der Waals surface area (Å²) in [6, 6.07) is 4.85. The lowest BCUT2D eigenvalue weighted by atomic mass is 9.92. The molecule has 5 nitrogen and oxygen atoms in total. The van der Waals surface area contributed by atoms with Crippen LogP contribution in [0.5, 0.6) is 0 Å². The Bertz CT molecular complexity index is 420. The van der Waals surface area contributed by atoms with E-state index in [2.05, 4.69) is 19.2 Å². The maximum absolute atomic E-state index is 10.8. The Hall–Kier alpha value is -1.62. The molecule has 0 fully saturated rings. The summed E-state index contributed by atoms with van der Waals surface area (Å²) in [4.78, 5) is 10.4. The summed E-state index contributed by atoms with van der Waals surface area (Å²) < 4.78 is 0. The number of rotatable bonds is 6. The number of anilines is 1. The molecule has 0 saturated heterocycles. The van der Waals surface area contributed by atoms with Crippen LogP contribution in [0.3, 0.4) is 0 Å². The van der Waals surface area contributed by atoms with Crippen molar-refractivity contribution in [2.45, 2.75) is 39.2 Å². The highest BCUT2D eigenvalue weighted by atomic mass is 16.6. The van der Waals surface area contributed by atoms with Gasteiger partial charge in [-0.3, -0.25) is 10.1 Å². The molecule has 5 heteroatoms. The first-order valence-corrected chi connectivity index (χ1v) is 6.21. The predicted octanol–water partition coefficient (Wildman–Crippen LogP) is 2.83. The fraction of sp³-hybridized carbons (Fsp3) is 0.538. The lowest BCUT2D eigenvalue weighted by Gasteiger charge is -2.33. The number of nitrogens with two attached hydrogens (primary N) is 1. The number of aryl methyl sites for hydroxylation is 1. The largest absolute Gasteiger partial charge is 0.378 e. The van der Waals surface area contributed by atoms with Crippen LogP contribution in [-0.4, -0.2) is 17.0 Å². The second-order valence-electron chi connectivity index (χ2n) is 4.57. The van der Waals surface area contributed by atoms with Gasteiger partial charge in [0.15, 0.2) is 0 Å². The topological polar surface area (TPSA) is 81.2 Å². The second kappa shape index (κ2) is 5.82. The van der Waals surface area contributed by atoms with E-state index in [1.54, 1.807) is 12.1 Å². The zero-order chi connectivity index (χ0) is 13.8. The average molecular weight is 251 g/mol. The van der Waals surface area contributed by atoms with Gasteiger partial charge in [-0.25, -0.2) is 0 Å². The molecule has 1 aromatic carbocycles. The van der Waals surface area contributed by atoms with Crippen LogP contribution < -0.4 is 11.1 Å². The minimum Gasteiger partial charge on any atom is -0.378 e. The highest BCUT2D eigenvalue weighted by Gasteiger charge is 2.25. The van der Waals surface area contributed by atoms with Gasteiger partial charge in [0.1, 0.15) is 0 Å². The molecule has 0 aromatic heterocycles. The smallest absolute Gasteiger partial charge is 0.271 e. The molecule has 100 valence electrons. The Morgan fingerprint density at radius 3 is 2.44 bits per heavy atom. The van der Waals surface area contributed by atoms with Crippen molar-refractivity contribution in [3.63, 3.8) is 0 Å². The van der Waals surface area contributed by atoms with E-state index < -0.39 is 0 Å². The standard InChI is InChI=1S/C13H21N3O2/c1-4-13(5-2,9-14)15-12-8-11(16(17)18)7-6-10(12)3/h6-8,15H,4-5,9,14H2,1-3H3. The van der Waals surface area contributed by atoms with Crippen molar-refractivity contribution >= 4 is 11.4 Å². The molecule has 0 spiro atoms. The van der Waals surface area contributed by atoms with Crippen molar-refractivity contribution in [1.82, 2.24) is 0 Å². The van der Waals surface area contributed by atoms with E-state index in [4.69, 9.17) is 5.73 Å². The van der Waals surface area contributed by atoms with Gasteiger partial charge in [0, 0.05) is 29.9 Å². The normalized spacial score (nSPS) is 11.3. The predicted molar refractivity (Wildman–Crippen MR) is 73.8 cm³/mol. The summed E-state index contributed by atoms with van der Waals surface area (Å²) in [5.74, 6) is 0. The van der Waals surface area contributed by atoms with Crippen LogP contribution in [0.4, 0.5) is 11.4 Å². The summed E-state index contributed by atoms with van der Waals surface area (Å²) >= 11 is 0. The first-order chi connectivity index (χ1) is 8.48. The SMILES string of the molecule is CCC(CC)(CN)Nc1cc([N+](=O)[O-])ccc1C. The van der Waals surface area contributed by atoms with Crippen LogP contribution >= 0.6 is 0 Å².